The lowest BCUT2D eigenvalue weighted by molar-refractivity contribution is -0.394. The van der Waals surface area contributed by atoms with Crippen LogP contribution in [0, 0.1) is 10.1 Å². The van der Waals surface area contributed by atoms with Gasteiger partial charge in [-0.1, -0.05) is 9.97 Å². The van der Waals surface area contributed by atoms with Crippen LogP contribution in [0.3, 0.4) is 0 Å². The predicted octanol–water partition coefficient (Wildman–Crippen LogP) is 1.69. The van der Waals surface area contributed by atoms with Gasteiger partial charge in [-0.05, 0) is 28.1 Å². The molecule has 1 heterocycles. The molecule has 1 aromatic heterocycles. The second-order valence-electron chi connectivity index (χ2n) is 1.57. The van der Waals surface area contributed by atoms with Gasteiger partial charge in [-0.3, -0.25) is 0 Å². The molecule has 0 aliphatic heterocycles. The highest BCUT2D eigenvalue weighted by Gasteiger charge is 2.12. The first kappa shape index (κ1) is 8.16. The molecule has 7 heteroatoms. The third kappa shape index (κ3) is 1.99. The molecule has 0 saturated heterocycles. The summed E-state index contributed by atoms with van der Waals surface area (Å²) in [4.78, 5) is 15.9. The van der Waals surface area contributed by atoms with Crippen LogP contribution in [0.5, 0.6) is 0 Å². The van der Waals surface area contributed by atoms with E-state index in [9.17, 15) is 10.1 Å². The van der Waals surface area contributed by atoms with Crippen LogP contribution in [-0.4, -0.2) is 14.9 Å². The molecule has 0 atom stereocenters. The van der Waals surface area contributed by atoms with E-state index in [1.54, 1.807) is 0 Å². The average Bonchev–Trinajstić information content (AvgIpc) is 1.85. The Morgan fingerprint density at radius 2 is 1.82 bits per heavy atom. The van der Waals surface area contributed by atoms with Crippen molar-refractivity contribution in [3.63, 3.8) is 0 Å². The Morgan fingerprint density at radius 1 is 1.36 bits per heavy atom. The fourth-order valence-corrected chi connectivity index (χ4v) is 0.874. The van der Waals surface area contributed by atoms with Crippen molar-refractivity contribution in [2.75, 3.05) is 0 Å². The number of nitro groups is 1. The van der Waals surface area contributed by atoms with E-state index in [-0.39, 0.29) is 10.3 Å². The lowest BCUT2D eigenvalue weighted by Gasteiger charge is -1.90. The van der Waals surface area contributed by atoms with Crippen molar-refractivity contribution in [2.45, 2.75) is 0 Å². The molecule has 1 aromatic rings. The van der Waals surface area contributed by atoms with E-state index >= 15 is 0 Å². The van der Waals surface area contributed by atoms with Crippen LogP contribution in [0.1, 0.15) is 0 Å². The molecular formula is C4HCl2N3O2. The van der Waals surface area contributed by atoms with Crippen LogP contribution in [0.2, 0.25) is 10.3 Å². The summed E-state index contributed by atoms with van der Waals surface area (Å²) in [6.45, 7) is 0. The van der Waals surface area contributed by atoms with Gasteiger partial charge >= 0.3 is 5.95 Å². The zero-order chi connectivity index (χ0) is 8.43. The number of halogens is 2. The Morgan fingerprint density at radius 3 is 2.18 bits per heavy atom. The monoisotopic (exact) mass is 193 g/mol. The molecule has 0 N–H and O–H groups in total. The van der Waals surface area contributed by atoms with Crippen LogP contribution < -0.4 is 0 Å². The minimum atomic E-state index is -0.766. The topological polar surface area (TPSA) is 68.9 Å². The molecule has 0 bridgehead atoms. The molecule has 0 saturated carbocycles. The van der Waals surface area contributed by atoms with Crippen LogP contribution in [0.4, 0.5) is 5.95 Å². The number of rotatable bonds is 1. The van der Waals surface area contributed by atoms with Crippen molar-refractivity contribution in [2.24, 2.45) is 0 Å². The number of aromatic nitrogens is 2. The smallest absolute Gasteiger partial charge is 0.390 e. The lowest BCUT2D eigenvalue weighted by Crippen LogP contribution is -1.95. The van der Waals surface area contributed by atoms with Gasteiger partial charge in [0.1, 0.15) is 0 Å². The summed E-state index contributed by atoms with van der Waals surface area (Å²) in [6, 6.07) is 1.22. The summed E-state index contributed by atoms with van der Waals surface area (Å²) in [6.07, 6.45) is 0. The van der Waals surface area contributed by atoms with E-state index in [4.69, 9.17) is 23.2 Å². The van der Waals surface area contributed by atoms with Crippen molar-refractivity contribution in [3.05, 3.63) is 26.5 Å². The second-order valence-corrected chi connectivity index (χ2v) is 2.34. The van der Waals surface area contributed by atoms with E-state index in [0.717, 1.165) is 0 Å². The van der Waals surface area contributed by atoms with Gasteiger partial charge < -0.3 is 10.1 Å². The van der Waals surface area contributed by atoms with E-state index in [1.165, 1.54) is 6.07 Å². The molecule has 0 amide bonds. The standard InChI is InChI=1S/C4HCl2N3O2/c5-2-1-3(6)8-4(7-2)9(10)11/h1H. The Kier molecular flexibility index (Phi) is 2.21. The van der Waals surface area contributed by atoms with Crippen LogP contribution in [0.15, 0.2) is 6.07 Å². The molecule has 0 aromatic carbocycles. The van der Waals surface area contributed by atoms with Gasteiger partial charge in [0.15, 0.2) is 0 Å². The van der Waals surface area contributed by atoms with Gasteiger partial charge in [0, 0.05) is 6.07 Å². The Labute approximate surface area is 71.1 Å². The molecule has 0 fully saturated rings. The maximum atomic E-state index is 10.1. The van der Waals surface area contributed by atoms with Crippen molar-refractivity contribution in [1.29, 1.82) is 0 Å². The molecule has 1 rings (SSSR count). The highest BCUT2D eigenvalue weighted by Crippen LogP contribution is 2.14. The van der Waals surface area contributed by atoms with E-state index < -0.39 is 10.9 Å². The highest BCUT2D eigenvalue weighted by atomic mass is 35.5. The third-order valence-electron chi connectivity index (χ3n) is 0.815. The molecule has 11 heavy (non-hydrogen) atoms. The minimum absolute atomic E-state index is 0.0447. The normalized spacial score (nSPS) is 9.64. The van der Waals surface area contributed by atoms with Crippen LogP contribution in [0.25, 0.3) is 0 Å². The number of nitrogens with zero attached hydrogens (tertiary/aromatic N) is 3. The quantitative estimate of drug-likeness (QED) is 0.387. The average molecular weight is 194 g/mol. The van der Waals surface area contributed by atoms with Crippen molar-refractivity contribution in [3.8, 4) is 0 Å². The number of hydrogen-bond donors (Lipinski definition) is 0. The van der Waals surface area contributed by atoms with Gasteiger partial charge in [0.2, 0.25) is 10.3 Å². The van der Waals surface area contributed by atoms with Crippen molar-refractivity contribution >= 4 is 29.2 Å². The maximum absolute atomic E-state index is 10.1. The molecule has 58 valence electrons. The first-order valence-corrected chi connectivity index (χ1v) is 3.19. The first-order chi connectivity index (χ1) is 5.09. The minimum Gasteiger partial charge on any atom is -0.390 e. The SMILES string of the molecule is O=[N+]([O-])c1nc(Cl)cc(Cl)n1. The second kappa shape index (κ2) is 2.98. The van der Waals surface area contributed by atoms with Crippen molar-refractivity contribution in [1.82, 2.24) is 9.97 Å². The predicted molar refractivity (Wildman–Crippen MR) is 38.7 cm³/mol. The molecule has 5 nitrogen and oxygen atoms in total. The zero-order valence-corrected chi connectivity index (χ0v) is 6.50. The molecule has 0 unspecified atom stereocenters. The Balaban J connectivity index is 3.19. The highest BCUT2D eigenvalue weighted by molar-refractivity contribution is 6.33. The van der Waals surface area contributed by atoms with Gasteiger partial charge in [-0.15, -0.1) is 0 Å². The van der Waals surface area contributed by atoms with Gasteiger partial charge in [-0.2, -0.15) is 0 Å². The van der Waals surface area contributed by atoms with Crippen LogP contribution >= 0.6 is 23.2 Å². The number of hydrogen-bond acceptors (Lipinski definition) is 4. The van der Waals surface area contributed by atoms with E-state index in [1.807, 2.05) is 0 Å². The Bertz CT molecular complexity index is 283. The van der Waals surface area contributed by atoms with Gasteiger partial charge in [0.05, 0.1) is 0 Å². The lowest BCUT2D eigenvalue weighted by atomic mass is 10.7. The van der Waals surface area contributed by atoms with E-state index in [2.05, 4.69) is 9.97 Å². The van der Waals surface area contributed by atoms with Gasteiger partial charge in [-0.25, -0.2) is 0 Å². The summed E-state index contributed by atoms with van der Waals surface area (Å²) in [5.74, 6) is -0.595. The summed E-state index contributed by atoms with van der Waals surface area (Å²) in [5.41, 5.74) is 0. The summed E-state index contributed by atoms with van der Waals surface area (Å²) in [5, 5.41) is 9.98. The first-order valence-electron chi connectivity index (χ1n) is 2.44. The largest absolute Gasteiger partial charge is 0.471 e. The fourth-order valence-electron chi connectivity index (χ4n) is 0.461. The molecule has 0 aliphatic carbocycles. The summed E-state index contributed by atoms with van der Waals surface area (Å²) < 4.78 is 0. The summed E-state index contributed by atoms with van der Waals surface area (Å²) in [7, 11) is 0. The molecule has 0 spiro atoms. The van der Waals surface area contributed by atoms with Crippen molar-refractivity contribution < 1.29 is 4.92 Å². The molecular weight excluding hydrogens is 193 g/mol. The third-order valence-corrected chi connectivity index (χ3v) is 1.20. The molecule has 0 radical (unpaired) electrons. The molecule has 0 aliphatic rings. The Hall–Kier alpha value is -0.940. The van der Waals surface area contributed by atoms with E-state index in [0.29, 0.717) is 0 Å². The summed E-state index contributed by atoms with van der Waals surface area (Å²) >= 11 is 10.7. The maximum Gasteiger partial charge on any atom is 0.471 e. The van der Waals surface area contributed by atoms with Crippen LogP contribution in [-0.2, 0) is 0 Å². The van der Waals surface area contributed by atoms with Gasteiger partial charge in [0.25, 0.3) is 0 Å². The zero-order valence-electron chi connectivity index (χ0n) is 4.99. The fraction of sp³-hybridized carbons (Fsp3) is 0.